The largest absolute Gasteiger partial charge is 0.417 e. The van der Waals surface area contributed by atoms with Crippen LogP contribution in [-0.2, 0) is 13.0 Å². The molecule has 0 saturated heterocycles. The van der Waals surface area contributed by atoms with Crippen LogP contribution in [0.4, 0.5) is 0 Å². The molecule has 122 valence electrons. The Kier molecular flexibility index (Phi) is 4.91. The Morgan fingerprint density at radius 1 is 1.12 bits per heavy atom. The first kappa shape index (κ1) is 16.2. The number of halogens is 1. The summed E-state index contributed by atoms with van der Waals surface area (Å²) in [6.45, 7) is 2.42. The van der Waals surface area contributed by atoms with Gasteiger partial charge in [-0.05, 0) is 24.1 Å². The predicted molar refractivity (Wildman–Crippen MR) is 90.9 cm³/mol. The average Bonchev–Trinajstić information content (AvgIpc) is 3.05. The third-order valence-corrected chi connectivity index (χ3v) is 3.90. The summed E-state index contributed by atoms with van der Waals surface area (Å²) in [5.41, 5.74) is 3.05. The maximum absolute atomic E-state index is 12.1. The third-order valence-electron chi connectivity index (χ3n) is 3.53. The maximum Gasteiger partial charge on any atom is 0.309 e. The van der Waals surface area contributed by atoms with E-state index in [1.54, 1.807) is 6.07 Å². The highest BCUT2D eigenvalue weighted by Gasteiger charge is 2.15. The van der Waals surface area contributed by atoms with Crippen LogP contribution in [0, 0.1) is 6.92 Å². The SMILES string of the molecule is Cc1ccc(CNC(=O)c2nnc(Cc3ccccc3Cl)o2)cc1. The summed E-state index contributed by atoms with van der Waals surface area (Å²) in [5, 5.41) is 11.1. The molecule has 0 aliphatic heterocycles. The predicted octanol–water partition coefficient (Wildman–Crippen LogP) is 3.55. The van der Waals surface area contributed by atoms with Crippen LogP contribution in [0.25, 0.3) is 0 Å². The van der Waals surface area contributed by atoms with E-state index in [1.165, 1.54) is 5.56 Å². The second-order valence-electron chi connectivity index (χ2n) is 5.44. The fourth-order valence-corrected chi connectivity index (χ4v) is 2.39. The number of benzene rings is 2. The fourth-order valence-electron chi connectivity index (χ4n) is 2.19. The molecular weight excluding hydrogens is 326 g/mol. The van der Waals surface area contributed by atoms with Gasteiger partial charge in [0, 0.05) is 11.6 Å². The van der Waals surface area contributed by atoms with E-state index in [1.807, 2.05) is 49.4 Å². The Hall–Kier alpha value is -2.66. The summed E-state index contributed by atoms with van der Waals surface area (Å²) in [6, 6.07) is 15.3. The Morgan fingerprint density at radius 2 is 1.88 bits per heavy atom. The van der Waals surface area contributed by atoms with E-state index in [0.29, 0.717) is 23.9 Å². The van der Waals surface area contributed by atoms with Crippen LogP contribution >= 0.6 is 11.6 Å². The number of nitrogens with one attached hydrogen (secondary N) is 1. The lowest BCUT2D eigenvalue weighted by Gasteiger charge is -2.03. The van der Waals surface area contributed by atoms with Crippen molar-refractivity contribution in [3.8, 4) is 0 Å². The van der Waals surface area contributed by atoms with Gasteiger partial charge in [0.25, 0.3) is 0 Å². The quantitative estimate of drug-likeness (QED) is 0.770. The molecule has 2 aromatic carbocycles. The van der Waals surface area contributed by atoms with Crippen molar-refractivity contribution in [3.05, 3.63) is 82.0 Å². The average molecular weight is 342 g/mol. The van der Waals surface area contributed by atoms with E-state index < -0.39 is 5.91 Å². The molecule has 3 aromatic rings. The van der Waals surface area contributed by atoms with Crippen molar-refractivity contribution >= 4 is 17.5 Å². The smallest absolute Gasteiger partial charge is 0.309 e. The van der Waals surface area contributed by atoms with Crippen molar-refractivity contribution in [2.45, 2.75) is 19.9 Å². The van der Waals surface area contributed by atoms with Crippen molar-refractivity contribution in [3.63, 3.8) is 0 Å². The van der Waals surface area contributed by atoms with Crippen molar-refractivity contribution in [1.29, 1.82) is 0 Å². The molecule has 0 spiro atoms. The molecule has 0 aliphatic rings. The standard InChI is InChI=1S/C18H16ClN3O2/c1-12-6-8-13(9-7-12)11-20-17(23)18-22-21-16(24-18)10-14-4-2-3-5-15(14)19/h2-9H,10-11H2,1H3,(H,20,23). The van der Waals surface area contributed by atoms with Gasteiger partial charge < -0.3 is 9.73 Å². The molecule has 3 rings (SSSR count). The summed E-state index contributed by atoms with van der Waals surface area (Å²) in [5.74, 6) is -0.0961. The number of nitrogens with zero attached hydrogens (tertiary/aromatic N) is 2. The van der Waals surface area contributed by atoms with Crippen LogP contribution in [0.1, 0.15) is 33.3 Å². The van der Waals surface area contributed by atoms with Crippen molar-refractivity contribution in [2.24, 2.45) is 0 Å². The zero-order chi connectivity index (χ0) is 16.9. The highest BCUT2D eigenvalue weighted by molar-refractivity contribution is 6.31. The van der Waals surface area contributed by atoms with Crippen molar-refractivity contribution in [2.75, 3.05) is 0 Å². The van der Waals surface area contributed by atoms with E-state index >= 15 is 0 Å². The van der Waals surface area contributed by atoms with Gasteiger partial charge >= 0.3 is 11.8 Å². The Morgan fingerprint density at radius 3 is 2.62 bits per heavy atom. The molecule has 0 atom stereocenters. The number of hydrogen-bond donors (Lipinski definition) is 1. The lowest BCUT2D eigenvalue weighted by molar-refractivity contribution is 0.0914. The van der Waals surface area contributed by atoms with Crippen LogP contribution < -0.4 is 5.32 Å². The normalized spacial score (nSPS) is 10.6. The van der Waals surface area contributed by atoms with Gasteiger partial charge in [-0.15, -0.1) is 10.2 Å². The van der Waals surface area contributed by atoms with E-state index in [4.69, 9.17) is 16.0 Å². The van der Waals surface area contributed by atoms with Gasteiger partial charge in [-0.2, -0.15) is 0 Å². The lowest BCUT2D eigenvalue weighted by Crippen LogP contribution is -2.23. The minimum atomic E-state index is -0.395. The number of hydrogen-bond acceptors (Lipinski definition) is 4. The van der Waals surface area contributed by atoms with E-state index in [2.05, 4.69) is 15.5 Å². The highest BCUT2D eigenvalue weighted by Crippen LogP contribution is 2.18. The molecule has 0 fully saturated rings. The molecule has 0 radical (unpaired) electrons. The summed E-state index contributed by atoms with van der Waals surface area (Å²) in [6.07, 6.45) is 0.387. The number of carbonyl (C=O) groups excluding carboxylic acids is 1. The van der Waals surface area contributed by atoms with Gasteiger partial charge in [-0.3, -0.25) is 4.79 Å². The van der Waals surface area contributed by atoms with Crippen molar-refractivity contribution in [1.82, 2.24) is 15.5 Å². The van der Waals surface area contributed by atoms with Crippen LogP contribution in [0.15, 0.2) is 52.9 Å². The molecular formula is C18H16ClN3O2. The molecule has 1 heterocycles. The summed E-state index contributed by atoms with van der Waals surface area (Å²) in [4.78, 5) is 12.1. The van der Waals surface area contributed by atoms with E-state index in [-0.39, 0.29) is 5.89 Å². The molecule has 1 N–H and O–H groups in total. The lowest BCUT2D eigenvalue weighted by atomic mass is 10.1. The van der Waals surface area contributed by atoms with Gasteiger partial charge in [0.1, 0.15) is 0 Å². The Labute approximate surface area is 144 Å². The topological polar surface area (TPSA) is 68.0 Å². The van der Waals surface area contributed by atoms with Crippen LogP contribution in [0.3, 0.4) is 0 Å². The van der Waals surface area contributed by atoms with Gasteiger partial charge in [0.15, 0.2) is 0 Å². The monoisotopic (exact) mass is 341 g/mol. The van der Waals surface area contributed by atoms with Crippen LogP contribution in [-0.4, -0.2) is 16.1 Å². The molecule has 24 heavy (non-hydrogen) atoms. The van der Waals surface area contributed by atoms with E-state index in [9.17, 15) is 4.79 Å². The Balaban J connectivity index is 1.61. The zero-order valence-corrected chi connectivity index (χ0v) is 13.9. The number of aromatic nitrogens is 2. The first-order valence-electron chi connectivity index (χ1n) is 7.51. The first-order valence-corrected chi connectivity index (χ1v) is 7.89. The summed E-state index contributed by atoms with van der Waals surface area (Å²) < 4.78 is 5.42. The van der Waals surface area contributed by atoms with Gasteiger partial charge in [-0.25, -0.2) is 0 Å². The number of carbonyl (C=O) groups is 1. The van der Waals surface area contributed by atoms with Crippen LogP contribution in [0.5, 0.6) is 0 Å². The Bertz CT molecular complexity index is 843. The maximum atomic E-state index is 12.1. The molecule has 0 saturated carbocycles. The molecule has 1 aromatic heterocycles. The molecule has 0 aliphatic carbocycles. The number of rotatable bonds is 5. The van der Waals surface area contributed by atoms with E-state index in [0.717, 1.165) is 11.1 Å². The highest BCUT2D eigenvalue weighted by atomic mass is 35.5. The summed E-state index contributed by atoms with van der Waals surface area (Å²) in [7, 11) is 0. The molecule has 5 nitrogen and oxygen atoms in total. The van der Waals surface area contributed by atoms with Gasteiger partial charge in [0.05, 0.1) is 6.42 Å². The zero-order valence-electron chi connectivity index (χ0n) is 13.1. The minimum Gasteiger partial charge on any atom is -0.417 e. The number of aryl methyl sites for hydroxylation is 1. The molecule has 6 heteroatoms. The molecule has 1 amide bonds. The third kappa shape index (κ3) is 4.00. The van der Waals surface area contributed by atoms with Crippen molar-refractivity contribution < 1.29 is 9.21 Å². The second kappa shape index (κ2) is 7.27. The number of amides is 1. The minimum absolute atomic E-state index is 0.0517. The van der Waals surface area contributed by atoms with Gasteiger partial charge in [-0.1, -0.05) is 59.6 Å². The fraction of sp³-hybridized carbons (Fsp3) is 0.167. The molecule has 0 bridgehead atoms. The van der Waals surface area contributed by atoms with Crippen LogP contribution in [0.2, 0.25) is 5.02 Å². The first-order chi connectivity index (χ1) is 11.6. The second-order valence-corrected chi connectivity index (χ2v) is 5.84. The van der Waals surface area contributed by atoms with Gasteiger partial charge in [0.2, 0.25) is 5.89 Å². The molecule has 0 unspecified atom stereocenters. The summed E-state index contributed by atoms with van der Waals surface area (Å²) >= 11 is 6.10.